The van der Waals surface area contributed by atoms with Crippen LogP contribution in [0.1, 0.15) is 15.9 Å². The minimum Gasteiger partial charge on any atom is -0.497 e. The number of benzene rings is 2. The van der Waals surface area contributed by atoms with E-state index in [1.807, 2.05) is 6.92 Å². The van der Waals surface area contributed by atoms with Gasteiger partial charge in [0.05, 0.1) is 31.0 Å². The number of nitrogens with zero attached hydrogens (tertiary/aromatic N) is 3. The van der Waals surface area contributed by atoms with E-state index in [0.717, 1.165) is 9.87 Å². The minimum atomic E-state index is -3.90. The SMILES string of the molecule is COc1ccc(NC(=O)c2cnn(C)c2N(C)S(=O)(=O)c2ccc(C)cc2)c(OC)c1. The Kier molecular flexibility index (Phi) is 6.21. The molecule has 0 saturated heterocycles. The van der Waals surface area contributed by atoms with Crippen molar-refractivity contribution in [1.29, 1.82) is 0 Å². The molecule has 1 amide bonds. The smallest absolute Gasteiger partial charge is 0.265 e. The van der Waals surface area contributed by atoms with Gasteiger partial charge in [-0.05, 0) is 31.2 Å². The predicted octanol–water partition coefficient (Wildman–Crippen LogP) is 2.82. The summed E-state index contributed by atoms with van der Waals surface area (Å²) in [5.74, 6) is 0.572. The lowest BCUT2D eigenvalue weighted by atomic mass is 10.2. The third-order valence-corrected chi connectivity index (χ3v) is 6.55. The number of hydrogen-bond acceptors (Lipinski definition) is 6. The first kappa shape index (κ1) is 22.2. The maximum Gasteiger partial charge on any atom is 0.265 e. The van der Waals surface area contributed by atoms with Crippen LogP contribution in [0.5, 0.6) is 11.5 Å². The van der Waals surface area contributed by atoms with Crippen LogP contribution >= 0.6 is 0 Å². The largest absolute Gasteiger partial charge is 0.497 e. The van der Waals surface area contributed by atoms with Crippen LogP contribution in [0.4, 0.5) is 11.5 Å². The van der Waals surface area contributed by atoms with Gasteiger partial charge < -0.3 is 14.8 Å². The van der Waals surface area contributed by atoms with Crippen LogP contribution in [0.2, 0.25) is 0 Å². The van der Waals surface area contributed by atoms with Gasteiger partial charge in [-0.15, -0.1) is 0 Å². The van der Waals surface area contributed by atoms with E-state index in [1.165, 1.54) is 44.3 Å². The standard InChI is InChI=1S/C21H24N4O5S/c1-14-6-9-16(10-7-14)31(27,28)25(3)21-17(13-22-24(21)2)20(26)23-18-11-8-15(29-4)12-19(18)30-5/h6-13H,1-5H3,(H,23,26). The molecule has 1 N–H and O–H groups in total. The maximum atomic E-state index is 13.1. The van der Waals surface area contributed by atoms with Crippen LogP contribution in [0.15, 0.2) is 53.6 Å². The number of methoxy groups -OCH3 is 2. The molecule has 0 aliphatic heterocycles. The van der Waals surface area contributed by atoms with Crippen molar-refractivity contribution in [2.75, 3.05) is 30.9 Å². The lowest BCUT2D eigenvalue weighted by Gasteiger charge is -2.21. The first-order chi connectivity index (χ1) is 14.7. The van der Waals surface area contributed by atoms with Crippen molar-refractivity contribution < 1.29 is 22.7 Å². The fraction of sp³-hybridized carbons (Fsp3) is 0.238. The second kappa shape index (κ2) is 8.68. The molecule has 0 saturated carbocycles. The van der Waals surface area contributed by atoms with Gasteiger partial charge in [0.1, 0.15) is 17.1 Å². The average Bonchev–Trinajstić information content (AvgIpc) is 3.15. The number of aromatic nitrogens is 2. The molecule has 0 spiro atoms. The minimum absolute atomic E-state index is 0.0959. The molecule has 3 aromatic rings. The van der Waals surface area contributed by atoms with Crippen molar-refractivity contribution >= 4 is 27.4 Å². The van der Waals surface area contributed by atoms with Crippen LogP contribution < -0.4 is 19.1 Å². The van der Waals surface area contributed by atoms with E-state index in [2.05, 4.69) is 10.4 Å². The van der Waals surface area contributed by atoms with Gasteiger partial charge >= 0.3 is 0 Å². The van der Waals surface area contributed by atoms with Crippen LogP contribution in [0, 0.1) is 6.92 Å². The third-order valence-electron chi connectivity index (χ3n) is 4.79. The monoisotopic (exact) mass is 444 g/mol. The zero-order valence-electron chi connectivity index (χ0n) is 17.9. The molecule has 31 heavy (non-hydrogen) atoms. The molecular formula is C21H24N4O5S. The first-order valence-electron chi connectivity index (χ1n) is 9.30. The molecule has 0 radical (unpaired) electrons. The molecular weight excluding hydrogens is 420 g/mol. The quantitative estimate of drug-likeness (QED) is 0.601. The summed E-state index contributed by atoms with van der Waals surface area (Å²) in [4.78, 5) is 13.1. The van der Waals surface area contributed by atoms with Crippen molar-refractivity contribution in [3.8, 4) is 11.5 Å². The second-order valence-electron chi connectivity index (χ2n) is 6.81. The number of carbonyl (C=O) groups is 1. The molecule has 2 aromatic carbocycles. The number of carbonyl (C=O) groups excluding carboxylic acids is 1. The van der Waals surface area contributed by atoms with Gasteiger partial charge in [0.25, 0.3) is 15.9 Å². The third kappa shape index (κ3) is 4.33. The zero-order valence-corrected chi connectivity index (χ0v) is 18.7. The molecule has 0 atom stereocenters. The summed E-state index contributed by atoms with van der Waals surface area (Å²) in [5.41, 5.74) is 1.45. The van der Waals surface area contributed by atoms with E-state index in [1.54, 1.807) is 37.4 Å². The van der Waals surface area contributed by atoms with E-state index in [9.17, 15) is 13.2 Å². The Labute approximate surface area is 181 Å². The summed E-state index contributed by atoms with van der Waals surface area (Å²) in [6.45, 7) is 1.87. The van der Waals surface area contributed by atoms with Crippen molar-refractivity contribution in [2.24, 2.45) is 7.05 Å². The Bertz CT molecular complexity index is 1200. The molecule has 10 heteroatoms. The van der Waals surface area contributed by atoms with E-state index >= 15 is 0 Å². The van der Waals surface area contributed by atoms with Gasteiger partial charge in [0, 0.05) is 20.2 Å². The summed E-state index contributed by atoms with van der Waals surface area (Å²) in [6, 6.07) is 11.4. The average molecular weight is 445 g/mol. The highest BCUT2D eigenvalue weighted by Crippen LogP contribution is 2.31. The molecule has 0 unspecified atom stereocenters. The molecule has 0 aliphatic rings. The highest BCUT2D eigenvalue weighted by atomic mass is 32.2. The molecule has 9 nitrogen and oxygen atoms in total. The Balaban J connectivity index is 1.95. The Morgan fingerprint density at radius 1 is 1.10 bits per heavy atom. The zero-order chi connectivity index (χ0) is 22.8. The number of hydrogen-bond donors (Lipinski definition) is 1. The Morgan fingerprint density at radius 3 is 2.39 bits per heavy atom. The van der Waals surface area contributed by atoms with Gasteiger partial charge in [0.2, 0.25) is 0 Å². The van der Waals surface area contributed by atoms with Gasteiger partial charge in [-0.2, -0.15) is 5.10 Å². The lowest BCUT2D eigenvalue weighted by Crippen LogP contribution is -2.30. The number of nitrogens with one attached hydrogen (secondary N) is 1. The van der Waals surface area contributed by atoms with Gasteiger partial charge in [0.15, 0.2) is 5.82 Å². The van der Waals surface area contributed by atoms with Crippen molar-refractivity contribution in [2.45, 2.75) is 11.8 Å². The van der Waals surface area contributed by atoms with Crippen LogP contribution in [0.25, 0.3) is 0 Å². The maximum absolute atomic E-state index is 13.1. The molecule has 1 heterocycles. The number of rotatable bonds is 7. The summed E-state index contributed by atoms with van der Waals surface area (Å²) in [5, 5.41) is 6.83. The normalized spacial score (nSPS) is 11.1. The summed E-state index contributed by atoms with van der Waals surface area (Å²) < 4.78 is 39.1. The Morgan fingerprint density at radius 2 is 1.77 bits per heavy atom. The first-order valence-corrected chi connectivity index (χ1v) is 10.7. The molecule has 1 aromatic heterocycles. The van der Waals surface area contributed by atoms with Crippen LogP contribution in [-0.4, -0.2) is 45.4 Å². The van der Waals surface area contributed by atoms with E-state index in [0.29, 0.717) is 17.2 Å². The van der Waals surface area contributed by atoms with Crippen LogP contribution in [-0.2, 0) is 17.1 Å². The van der Waals surface area contributed by atoms with Gasteiger partial charge in [-0.1, -0.05) is 17.7 Å². The van der Waals surface area contributed by atoms with Gasteiger partial charge in [-0.3, -0.25) is 13.8 Å². The highest BCUT2D eigenvalue weighted by Gasteiger charge is 2.29. The number of ether oxygens (including phenoxy) is 2. The summed E-state index contributed by atoms with van der Waals surface area (Å²) >= 11 is 0. The lowest BCUT2D eigenvalue weighted by molar-refractivity contribution is 0.102. The molecule has 164 valence electrons. The molecule has 3 rings (SSSR count). The molecule has 0 aliphatic carbocycles. The number of amides is 1. The number of anilines is 2. The fourth-order valence-corrected chi connectivity index (χ4v) is 4.28. The van der Waals surface area contributed by atoms with E-state index in [4.69, 9.17) is 9.47 Å². The van der Waals surface area contributed by atoms with Crippen molar-refractivity contribution in [1.82, 2.24) is 9.78 Å². The summed E-state index contributed by atoms with van der Waals surface area (Å²) in [7, 11) is 2.06. The van der Waals surface area contributed by atoms with E-state index < -0.39 is 15.9 Å². The Hall–Kier alpha value is -3.53. The predicted molar refractivity (Wildman–Crippen MR) is 117 cm³/mol. The summed E-state index contributed by atoms with van der Waals surface area (Å²) in [6.07, 6.45) is 1.32. The number of sulfonamides is 1. The van der Waals surface area contributed by atoms with Crippen molar-refractivity contribution in [3.63, 3.8) is 0 Å². The van der Waals surface area contributed by atoms with E-state index in [-0.39, 0.29) is 16.3 Å². The number of aryl methyl sites for hydroxylation is 2. The van der Waals surface area contributed by atoms with Crippen LogP contribution in [0.3, 0.4) is 0 Å². The second-order valence-corrected chi connectivity index (χ2v) is 8.78. The molecule has 0 fully saturated rings. The molecule has 0 bridgehead atoms. The van der Waals surface area contributed by atoms with Gasteiger partial charge in [-0.25, -0.2) is 8.42 Å². The topological polar surface area (TPSA) is 103 Å². The fourth-order valence-electron chi connectivity index (χ4n) is 3.04. The highest BCUT2D eigenvalue weighted by molar-refractivity contribution is 7.92. The van der Waals surface area contributed by atoms with Crippen molar-refractivity contribution in [3.05, 3.63) is 59.8 Å².